The van der Waals surface area contributed by atoms with E-state index in [0.29, 0.717) is 41.1 Å². The summed E-state index contributed by atoms with van der Waals surface area (Å²) in [7, 11) is 4.34. The second-order valence-electron chi connectivity index (χ2n) is 9.94. The number of benzene rings is 1. The number of carbonyl (C=O) groups is 1. The summed E-state index contributed by atoms with van der Waals surface area (Å²) < 4.78 is 0. The van der Waals surface area contributed by atoms with Crippen LogP contribution in [0.25, 0.3) is 0 Å². The molecule has 1 aliphatic rings. The first kappa shape index (κ1) is 27.5. The molecule has 0 spiro atoms. The molecule has 33 heavy (non-hydrogen) atoms. The third kappa shape index (κ3) is 7.10. The molecule has 1 aromatic carbocycles. The van der Waals surface area contributed by atoms with Crippen LogP contribution in [-0.4, -0.2) is 50.1 Å². The zero-order chi connectivity index (χ0) is 24.7. The van der Waals surface area contributed by atoms with Gasteiger partial charge in [0.1, 0.15) is 0 Å². The Balaban J connectivity index is 2.15. The fraction of sp³-hybridized carbons (Fsp3) is 0.607. The molecule has 0 aromatic heterocycles. The van der Waals surface area contributed by atoms with Crippen LogP contribution in [-0.2, 0) is 0 Å². The van der Waals surface area contributed by atoms with Crippen molar-refractivity contribution in [1.29, 1.82) is 0 Å². The van der Waals surface area contributed by atoms with Gasteiger partial charge in [0, 0.05) is 41.4 Å². The van der Waals surface area contributed by atoms with Crippen LogP contribution in [0.5, 0.6) is 0 Å². The van der Waals surface area contributed by atoms with E-state index in [4.69, 9.17) is 11.6 Å². The molecule has 2 rings (SSSR count). The van der Waals surface area contributed by atoms with Crippen LogP contribution in [0.4, 0.5) is 5.69 Å². The largest absolute Gasteiger partial charge is 0.369 e. The van der Waals surface area contributed by atoms with Crippen molar-refractivity contribution >= 4 is 23.2 Å². The quantitative estimate of drug-likeness (QED) is 0.373. The zero-order valence-electron chi connectivity index (χ0n) is 21.6. The summed E-state index contributed by atoms with van der Waals surface area (Å²) in [6.45, 7) is 18.0. The molecule has 0 saturated heterocycles. The molecule has 4 nitrogen and oxygen atoms in total. The van der Waals surface area contributed by atoms with Crippen molar-refractivity contribution in [2.75, 3.05) is 32.1 Å². The monoisotopic (exact) mass is 473 g/mol. The molecule has 0 aliphatic heterocycles. The van der Waals surface area contributed by atoms with Gasteiger partial charge in [-0.2, -0.15) is 0 Å². The summed E-state index contributed by atoms with van der Waals surface area (Å²) in [4.78, 5) is 17.9. The second-order valence-corrected chi connectivity index (χ2v) is 10.4. The first-order valence-electron chi connectivity index (χ1n) is 12.4. The van der Waals surface area contributed by atoms with Gasteiger partial charge < -0.3 is 15.1 Å². The summed E-state index contributed by atoms with van der Waals surface area (Å²) in [6.07, 6.45) is 7.59. The van der Waals surface area contributed by atoms with E-state index in [0.717, 1.165) is 42.6 Å². The molecular formula is C28H44ClN3O. The number of amides is 1. The highest BCUT2D eigenvalue weighted by atomic mass is 35.5. The first-order chi connectivity index (χ1) is 15.6. The SMILES string of the molecule is C=CC[C@@H](C)C(C)C(=C)CNC(=O)c1cc(Cl)cc(N(CC)C2CCC(N(C)C)CC2)c1C. The smallest absolute Gasteiger partial charge is 0.251 e. The Morgan fingerprint density at radius 3 is 2.36 bits per heavy atom. The van der Waals surface area contributed by atoms with Gasteiger partial charge in [-0.25, -0.2) is 0 Å². The van der Waals surface area contributed by atoms with Gasteiger partial charge in [-0.3, -0.25) is 4.79 Å². The van der Waals surface area contributed by atoms with E-state index in [2.05, 4.69) is 63.1 Å². The van der Waals surface area contributed by atoms with Crippen LogP contribution in [0.3, 0.4) is 0 Å². The van der Waals surface area contributed by atoms with Gasteiger partial charge in [0.25, 0.3) is 5.91 Å². The number of hydrogen-bond acceptors (Lipinski definition) is 3. The van der Waals surface area contributed by atoms with E-state index in [-0.39, 0.29) is 5.91 Å². The van der Waals surface area contributed by atoms with Gasteiger partial charge in [0.2, 0.25) is 0 Å². The summed E-state index contributed by atoms with van der Waals surface area (Å²) >= 11 is 6.52. The van der Waals surface area contributed by atoms with Crippen LogP contribution in [0, 0.1) is 18.8 Å². The van der Waals surface area contributed by atoms with Crippen molar-refractivity contribution < 1.29 is 4.79 Å². The topological polar surface area (TPSA) is 35.6 Å². The standard InChI is InChI=1S/C28H44ClN3O/c1-9-11-19(3)21(5)20(4)18-30-28(33)26-16-23(29)17-27(22(26)6)32(10-2)25-14-12-24(13-15-25)31(7)8/h9,16-17,19,21,24-25H,1,4,10-15,18H2,2-3,5-8H3,(H,30,33)/t19-,21?,24?,25?/m1/s1. The maximum absolute atomic E-state index is 13.1. The molecule has 2 atom stereocenters. The van der Waals surface area contributed by atoms with Crippen LogP contribution < -0.4 is 10.2 Å². The van der Waals surface area contributed by atoms with Crippen molar-refractivity contribution in [3.63, 3.8) is 0 Å². The number of allylic oxidation sites excluding steroid dienone is 1. The lowest BCUT2D eigenvalue weighted by Crippen LogP contribution is -2.42. The van der Waals surface area contributed by atoms with Crippen molar-refractivity contribution in [1.82, 2.24) is 10.2 Å². The summed E-state index contributed by atoms with van der Waals surface area (Å²) in [5.41, 5.74) is 3.75. The molecule has 0 radical (unpaired) electrons. The molecule has 1 N–H and O–H groups in total. The number of nitrogens with one attached hydrogen (secondary N) is 1. The highest BCUT2D eigenvalue weighted by Gasteiger charge is 2.28. The lowest BCUT2D eigenvalue weighted by atomic mass is 9.87. The minimum atomic E-state index is -0.0895. The average Bonchev–Trinajstić information content (AvgIpc) is 2.79. The maximum Gasteiger partial charge on any atom is 0.251 e. The molecule has 0 bridgehead atoms. The predicted molar refractivity (Wildman–Crippen MR) is 144 cm³/mol. The molecule has 1 fully saturated rings. The summed E-state index contributed by atoms with van der Waals surface area (Å²) in [5, 5.41) is 3.68. The van der Waals surface area contributed by atoms with Gasteiger partial charge in [-0.05, 0) is 89.6 Å². The lowest BCUT2D eigenvalue weighted by Gasteiger charge is -2.40. The third-order valence-corrected chi connectivity index (χ3v) is 7.81. The van der Waals surface area contributed by atoms with E-state index >= 15 is 0 Å². The minimum absolute atomic E-state index is 0.0895. The van der Waals surface area contributed by atoms with E-state index < -0.39 is 0 Å². The van der Waals surface area contributed by atoms with Gasteiger partial charge in [-0.15, -0.1) is 6.58 Å². The molecule has 0 heterocycles. The minimum Gasteiger partial charge on any atom is -0.369 e. The van der Waals surface area contributed by atoms with Gasteiger partial charge in [0.15, 0.2) is 0 Å². The Morgan fingerprint density at radius 1 is 1.21 bits per heavy atom. The average molecular weight is 474 g/mol. The van der Waals surface area contributed by atoms with Gasteiger partial charge in [-0.1, -0.05) is 43.7 Å². The molecule has 1 aliphatic carbocycles. The summed E-state index contributed by atoms with van der Waals surface area (Å²) in [6, 6.07) is 4.95. The lowest BCUT2D eigenvalue weighted by molar-refractivity contribution is 0.0955. The van der Waals surface area contributed by atoms with Crippen molar-refractivity contribution in [3.8, 4) is 0 Å². The Bertz CT molecular complexity index is 827. The van der Waals surface area contributed by atoms with Gasteiger partial charge in [0.05, 0.1) is 0 Å². The highest BCUT2D eigenvalue weighted by molar-refractivity contribution is 6.31. The molecule has 1 unspecified atom stereocenters. The van der Waals surface area contributed by atoms with E-state index in [9.17, 15) is 4.79 Å². The Hall–Kier alpha value is -1.78. The molecule has 1 saturated carbocycles. The zero-order valence-corrected chi connectivity index (χ0v) is 22.3. The molecule has 1 amide bonds. The maximum atomic E-state index is 13.1. The predicted octanol–water partition coefficient (Wildman–Crippen LogP) is 6.48. The van der Waals surface area contributed by atoms with Gasteiger partial charge >= 0.3 is 0 Å². The van der Waals surface area contributed by atoms with Crippen molar-refractivity contribution in [2.45, 2.75) is 71.9 Å². The number of carbonyl (C=O) groups excluding carboxylic acids is 1. The Morgan fingerprint density at radius 2 is 1.82 bits per heavy atom. The molecule has 5 heteroatoms. The number of rotatable bonds is 11. The molecular weight excluding hydrogens is 430 g/mol. The third-order valence-electron chi connectivity index (χ3n) is 7.59. The number of hydrogen-bond donors (Lipinski definition) is 1. The fourth-order valence-electron chi connectivity index (χ4n) is 5.03. The fourth-order valence-corrected chi connectivity index (χ4v) is 5.24. The Labute approximate surface area is 207 Å². The second kappa shape index (κ2) is 12.6. The van der Waals surface area contributed by atoms with Crippen molar-refractivity contribution in [2.24, 2.45) is 11.8 Å². The highest BCUT2D eigenvalue weighted by Crippen LogP contribution is 2.34. The van der Waals surface area contributed by atoms with Crippen LogP contribution >= 0.6 is 11.6 Å². The first-order valence-corrected chi connectivity index (χ1v) is 12.8. The number of halogens is 1. The molecule has 1 aromatic rings. The van der Waals surface area contributed by atoms with Crippen LogP contribution in [0.1, 0.15) is 68.8 Å². The van der Waals surface area contributed by atoms with E-state index in [1.165, 1.54) is 12.8 Å². The Kier molecular flexibility index (Phi) is 10.5. The van der Waals surface area contributed by atoms with Crippen molar-refractivity contribution in [3.05, 3.63) is 53.1 Å². The van der Waals surface area contributed by atoms with E-state index in [1.54, 1.807) is 6.07 Å². The molecule has 184 valence electrons. The van der Waals surface area contributed by atoms with Crippen LogP contribution in [0.2, 0.25) is 5.02 Å². The summed E-state index contributed by atoms with van der Waals surface area (Å²) in [5.74, 6) is 0.674. The van der Waals surface area contributed by atoms with Crippen LogP contribution in [0.15, 0.2) is 36.9 Å². The number of nitrogens with zero attached hydrogens (tertiary/aromatic N) is 2. The number of anilines is 1. The normalized spacial score (nSPS) is 20.2. The van der Waals surface area contributed by atoms with E-state index in [1.807, 2.05) is 19.1 Å².